The van der Waals surface area contributed by atoms with E-state index in [2.05, 4.69) is 15.4 Å². The van der Waals surface area contributed by atoms with E-state index in [9.17, 15) is 9.18 Å². The Morgan fingerprint density at radius 3 is 2.71 bits per heavy atom. The average molecular weight is 389 g/mol. The number of hydrazine groups is 1. The van der Waals surface area contributed by atoms with Gasteiger partial charge in [0, 0.05) is 49.9 Å². The van der Waals surface area contributed by atoms with Gasteiger partial charge in [-0.3, -0.25) is 14.8 Å². The van der Waals surface area contributed by atoms with E-state index in [1.54, 1.807) is 13.1 Å². The predicted molar refractivity (Wildman–Crippen MR) is 104 cm³/mol. The van der Waals surface area contributed by atoms with Crippen molar-refractivity contribution in [1.82, 2.24) is 20.2 Å². The minimum absolute atomic E-state index is 0.0118. The number of aromatic nitrogens is 1. The molecule has 1 aliphatic rings. The number of ether oxygens (including phenoxy) is 1. The zero-order valence-electron chi connectivity index (χ0n) is 15.9. The quantitative estimate of drug-likeness (QED) is 0.304. The number of nitrogens with one attached hydrogen (secondary N) is 1. The van der Waals surface area contributed by atoms with Gasteiger partial charge in [-0.05, 0) is 18.9 Å². The Morgan fingerprint density at radius 1 is 1.39 bits per heavy atom. The first-order chi connectivity index (χ1) is 13.4. The summed E-state index contributed by atoms with van der Waals surface area (Å²) in [5.74, 6) is 11.2. The molecule has 1 aromatic carbocycles. The highest BCUT2D eigenvalue weighted by molar-refractivity contribution is 5.97. The Hall–Kier alpha value is -3.14. The number of nitrogens with zero attached hydrogens (tertiary/aromatic N) is 4. The summed E-state index contributed by atoms with van der Waals surface area (Å²) < 4.78 is 19.3. The van der Waals surface area contributed by atoms with Crippen LogP contribution in [0.2, 0.25) is 0 Å². The normalized spacial score (nSPS) is 15.6. The second-order valence-corrected chi connectivity index (χ2v) is 6.67. The van der Waals surface area contributed by atoms with Gasteiger partial charge in [-0.25, -0.2) is 10.2 Å². The van der Waals surface area contributed by atoms with Crippen molar-refractivity contribution in [3.63, 3.8) is 0 Å². The third-order valence-electron chi connectivity index (χ3n) is 4.77. The van der Waals surface area contributed by atoms with Crippen molar-refractivity contribution in [3.8, 4) is 5.75 Å². The van der Waals surface area contributed by atoms with Crippen LogP contribution < -0.4 is 21.7 Å². The number of benzene rings is 1. The van der Waals surface area contributed by atoms with Crippen molar-refractivity contribution in [1.29, 1.82) is 0 Å². The monoisotopic (exact) mass is 389 g/mol. The van der Waals surface area contributed by atoms with E-state index in [0.29, 0.717) is 48.7 Å². The standard InChI is InChI=1S/C18H24FN7O2/c1-25(21)18(24-20)26-5-3-12(4-6-26)23-17(27)11-7-14-15(19)8-13(28-2)9-16(14)22-10-11/h7-10,12H,3-6,20-21H2,1-2H3,(H,23,27)/b24-18+. The molecule has 3 rings (SSSR count). The fourth-order valence-corrected chi connectivity index (χ4v) is 3.29. The van der Waals surface area contributed by atoms with Gasteiger partial charge in [0.25, 0.3) is 5.91 Å². The van der Waals surface area contributed by atoms with Gasteiger partial charge in [0.05, 0.1) is 18.2 Å². The molecule has 5 N–H and O–H groups in total. The number of methoxy groups -OCH3 is 1. The van der Waals surface area contributed by atoms with E-state index >= 15 is 0 Å². The van der Waals surface area contributed by atoms with Crippen LogP contribution in [-0.4, -0.2) is 60.0 Å². The second-order valence-electron chi connectivity index (χ2n) is 6.67. The highest BCUT2D eigenvalue weighted by Gasteiger charge is 2.24. The molecule has 0 saturated carbocycles. The van der Waals surface area contributed by atoms with Gasteiger partial charge in [0.2, 0.25) is 5.96 Å². The molecule has 0 spiro atoms. The number of carbonyl (C=O) groups excluding carboxylic acids is 1. The number of rotatable bonds is 3. The molecule has 0 atom stereocenters. The summed E-state index contributed by atoms with van der Waals surface area (Å²) in [6.07, 6.45) is 2.87. The van der Waals surface area contributed by atoms with Gasteiger partial charge in [-0.1, -0.05) is 0 Å². The number of fused-ring (bicyclic) bond motifs is 1. The first-order valence-corrected chi connectivity index (χ1v) is 8.88. The molecule has 1 aliphatic heterocycles. The minimum Gasteiger partial charge on any atom is -0.497 e. The molecular weight excluding hydrogens is 365 g/mol. The smallest absolute Gasteiger partial charge is 0.253 e. The number of hydrazone groups is 1. The Kier molecular flexibility index (Phi) is 5.78. The summed E-state index contributed by atoms with van der Waals surface area (Å²) in [4.78, 5) is 18.7. The lowest BCUT2D eigenvalue weighted by Gasteiger charge is -2.35. The van der Waals surface area contributed by atoms with Crippen LogP contribution in [0.15, 0.2) is 29.5 Å². The highest BCUT2D eigenvalue weighted by Crippen LogP contribution is 2.23. The van der Waals surface area contributed by atoms with Gasteiger partial charge in [0.1, 0.15) is 11.6 Å². The molecule has 9 nitrogen and oxygen atoms in total. The minimum atomic E-state index is -0.482. The summed E-state index contributed by atoms with van der Waals surface area (Å²) in [6, 6.07) is 4.39. The molecule has 0 radical (unpaired) electrons. The third-order valence-corrected chi connectivity index (χ3v) is 4.77. The fraction of sp³-hybridized carbons (Fsp3) is 0.389. The molecule has 150 valence electrons. The van der Waals surface area contributed by atoms with Gasteiger partial charge < -0.3 is 20.8 Å². The molecule has 28 heavy (non-hydrogen) atoms. The van der Waals surface area contributed by atoms with E-state index in [1.165, 1.54) is 30.4 Å². The zero-order chi connectivity index (χ0) is 20.3. The van der Waals surface area contributed by atoms with Crippen LogP contribution in [0.25, 0.3) is 10.9 Å². The first-order valence-electron chi connectivity index (χ1n) is 8.88. The topological polar surface area (TPSA) is 122 Å². The number of amides is 1. The van der Waals surface area contributed by atoms with Crippen molar-refractivity contribution in [2.24, 2.45) is 16.8 Å². The number of pyridine rings is 1. The van der Waals surface area contributed by atoms with Crippen LogP contribution in [0.1, 0.15) is 23.2 Å². The summed E-state index contributed by atoms with van der Waals surface area (Å²) in [7, 11) is 3.13. The summed E-state index contributed by atoms with van der Waals surface area (Å²) in [5, 5.41) is 8.32. The van der Waals surface area contributed by atoms with E-state index in [1.807, 2.05) is 4.90 Å². The molecule has 0 bridgehead atoms. The average Bonchev–Trinajstić information content (AvgIpc) is 2.69. The number of hydrogen-bond donors (Lipinski definition) is 3. The van der Waals surface area contributed by atoms with Crippen LogP contribution in [-0.2, 0) is 0 Å². The number of likely N-dealkylation sites (tertiary alicyclic amines) is 1. The molecular formula is C18H24FN7O2. The van der Waals surface area contributed by atoms with Gasteiger partial charge in [-0.15, -0.1) is 5.10 Å². The first kappa shape index (κ1) is 19.6. The number of carbonyl (C=O) groups is 1. The van der Waals surface area contributed by atoms with Crippen molar-refractivity contribution in [2.45, 2.75) is 18.9 Å². The molecule has 1 aromatic heterocycles. The molecule has 1 amide bonds. The summed E-state index contributed by atoms with van der Waals surface area (Å²) in [6.45, 7) is 1.32. The lowest BCUT2D eigenvalue weighted by Crippen LogP contribution is -2.52. The van der Waals surface area contributed by atoms with Crippen LogP contribution >= 0.6 is 0 Å². The van der Waals surface area contributed by atoms with Crippen molar-refractivity contribution < 1.29 is 13.9 Å². The van der Waals surface area contributed by atoms with Crippen molar-refractivity contribution in [3.05, 3.63) is 35.8 Å². The molecule has 2 aromatic rings. The Labute approximate surface area is 162 Å². The van der Waals surface area contributed by atoms with Crippen LogP contribution in [0, 0.1) is 5.82 Å². The van der Waals surface area contributed by atoms with Gasteiger partial charge in [0.15, 0.2) is 0 Å². The summed E-state index contributed by atoms with van der Waals surface area (Å²) >= 11 is 0. The van der Waals surface area contributed by atoms with E-state index in [-0.39, 0.29) is 17.3 Å². The Morgan fingerprint density at radius 2 is 2.11 bits per heavy atom. The SMILES string of the molecule is COc1cc(F)c2cc(C(=O)NC3CCN(/C(=N/N)N(C)N)CC3)cnc2c1. The maximum absolute atomic E-state index is 14.3. The fourth-order valence-electron chi connectivity index (χ4n) is 3.29. The van der Waals surface area contributed by atoms with Crippen LogP contribution in [0.5, 0.6) is 5.75 Å². The maximum Gasteiger partial charge on any atom is 0.253 e. The Balaban J connectivity index is 1.66. The lowest BCUT2D eigenvalue weighted by atomic mass is 10.0. The molecule has 0 unspecified atom stereocenters. The van der Waals surface area contributed by atoms with Crippen LogP contribution in [0.3, 0.4) is 0 Å². The second kappa shape index (κ2) is 8.26. The number of hydrogen-bond acceptors (Lipinski definition) is 6. The molecule has 10 heteroatoms. The number of piperidine rings is 1. The summed E-state index contributed by atoms with van der Waals surface area (Å²) in [5.41, 5.74) is 0.742. The van der Waals surface area contributed by atoms with Crippen molar-refractivity contribution in [2.75, 3.05) is 27.2 Å². The van der Waals surface area contributed by atoms with E-state index in [0.717, 1.165) is 0 Å². The van der Waals surface area contributed by atoms with Gasteiger partial charge >= 0.3 is 0 Å². The molecule has 1 fully saturated rings. The van der Waals surface area contributed by atoms with E-state index < -0.39 is 5.82 Å². The zero-order valence-corrected chi connectivity index (χ0v) is 15.9. The lowest BCUT2D eigenvalue weighted by molar-refractivity contribution is 0.0920. The van der Waals surface area contributed by atoms with Gasteiger partial charge in [-0.2, -0.15) is 0 Å². The maximum atomic E-state index is 14.3. The van der Waals surface area contributed by atoms with Crippen molar-refractivity contribution >= 4 is 22.8 Å². The molecule has 0 aliphatic carbocycles. The number of nitrogens with two attached hydrogens (primary N) is 2. The Bertz CT molecular complexity index is 895. The molecule has 1 saturated heterocycles. The van der Waals surface area contributed by atoms with E-state index in [4.69, 9.17) is 16.4 Å². The third kappa shape index (κ3) is 4.06. The largest absolute Gasteiger partial charge is 0.497 e. The predicted octanol–water partition coefficient (Wildman–Crippen LogP) is 0.612. The number of guanidine groups is 1. The number of halogens is 1. The van der Waals surface area contributed by atoms with Crippen LogP contribution in [0.4, 0.5) is 4.39 Å². The highest BCUT2D eigenvalue weighted by atomic mass is 19.1. The molecule has 2 heterocycles.